The second-order valence-corrected chi connectivity index (χ2v) is 10.1. The van der Waals surface area contributed by atoms with Gasteiger partial charge in [-0.15, -0.1) is 0 Å². The maximum absolute atomic E-state index is 12.9. The van der Waals surface area contributed by atoms with Crippen LogP contribution in [0.5, 0.6) is 0 Å². The molecule has 0 amide bonds. The first-order valence-electron chi connectivity index (χ1n) is 11.9. The van der Waals surface area contributed by atoms with Gasteiger partial charge in [0.25, 0.3) is 0 Å². The first kappa shape index (κ1) is 28.4. The second kappa shape index (κ2) is 11.1. The molecule has 1 atom stereocenters. The van der Waals surface area contributed by atoms with Gasteiger partial charge in [0.05, 0.1) is 11.1 Å². The molecule has 0 heterocycles. The van der Waals surface area contributed by atoms with Crippen molar-refractivity contribution in [2.24, 2.45) is 0 Å². The fourth-order valence-corrected chi connectivity index (χ4v) is 3.74. The number of hydrogen-bond donors (Lipinski definition) is 3. The lowest BCUT2D eigenvalue weighted by atomic mass is 9.93. The molecule has 0 spiro atoms. The van der Waals surface area contributed by atoms with Crippen LogP contribution >= 0.6 is 0 Å². The van der Waals surface area contributed by atoms with Crippen LogP contribution in [0.2, 0.25) is 0 Å². The van der Waals surface area contributed by atoms with Crippen molar-refractivity contribution in [3.05, 3.63) is 106 Å². The molecule has 3 rings (SSSR count). The lowest BCUT2D eigenvalue weighted by Crippen LogP contribution is -2.31. The normalized spacial score (nSPS) is 12.5. The first-order chi connectivity index (χ1) is 17.7. The van der Waals surface area contributed by atoms with Gasteiger partial charge in [0.15, 0.2) is 11.6 Å². The van der Waals surface area contributed by atoms with Gasteiger partial charge in [0.1, 0.15) is 17.3 Å². The van der Waals surface area contributed by atoms with Crippen LogP contribution in [0.3, 0.4) is 0 Å². The number of hydrogen-bond acceptors (Lipinski definition) is 7. The molecule has 1 unspecified atom stereocenters. The summed E-state index contributed by atoms with van der Waals surface area (Å²) >= 11 is 0. The lowest BCUT2D eigenvalue weighted by molar-refractivity contribution is 0.0296. The number of carboxylic acid groups (broad SMARTS) is 1. The Kier molecular flexibility index (Phi) is 8.29. The number of carboxylic acids is 1. The standard InChI is InChI=1S/C30H30O8/c1-29(2,36)25(31)20-7-5-18(6-8-20)17-24(19-9-11-21(12-10-19)26(32)30(3,4)37)38-28(35)23-15-13-22(14-16-23)27(33)34/h5-16,24,36-37H,17H2,1-4H3,(H,33,34). The molecule has 0 aliphatic rings. The molecule has 0 aromatic heterocycles. The molecule has 0 aliphatic carbocycles. The van der Waals surface area contributed by atoms with E-state index in [1.165, 1.54) is 52.0 Å². The van der Waals surface area contributed by atoms with Crippen LogP contribution in [0, 0.1) is 0 Å². The molecule has 0 bridgehead atoms. The van der Waals surface area contributed by atoms with E-state index < -0.39 is 40.8 Å². The van der Waals surface area contributed by atoms with Gasteiger partial charge in [-0.05, 0) is 63.1 Å². The molecule has 8 nitrogen and oxygen atoms in total. The molecule has 38 heavy (non-hydrogen) atoms. The molecule has 3 aromatic rings. The van der Waals surface area contributed by atoms with Crippen LogP contribution in [0.4, 0.5) is 0 Å². The molecule has 0 saturated carbocycles. The van der Waals surface area contributed by atoms with Crippen molar-refractivity contribution in [3.8, 4) is 0 Å². The van der Waals surface area contributed by atoms with Crippen LogP contribution in [0.1, 0.15) is 86.4 Å². The number of aliphatic hydroxyl groups is 2. The summed E-state index contributed by atoms with van der Waals surface area (Å²) in [7, 11) is 0. The summed E-state index contributed by atoms with van der Waals surface area (Å²) < 4.78 is 5.80. The number of benzene rings is 3. The van der Waals surface area contributed by atoms with Gasteiger partial charge in [0, 0.05) is 17.5 Å². The van der Waals surface area contributed by atoms with Gasteiger partial charge in [-0.25, -0.2) is 9.59 Å². The fourth-order valence-electron chi connectivity index (χ4n) is 3.74. The fraction of sp³-hybridized carbons (Fsp3) is 0.267. The SMILES string of the molecule is CC(C)(O)C(=O)c1ccc(CC(OC(=O)c2ccc(C(=O)O)cc2)c2ccc(C(=O)C(C)(C)O)cc2)cc1. The number of ether oxygens (including phenoxy) is 1. The van der Waals surface area contributed by atoms with Crippen molar-refractivity contribution >= 4 is 23.5 Å². The third-order valence-corrected chi connectivity index (χ3v) is 5.91. The zero-order valence-corrected chi connectivity index (χ0v) is 21.6. The zero-order chi connectivity index (χ0) is 28.3. The zero-order valence-electron chi connectivity index (χ0n) is 21.6. The maximum atomic E-state index is 12.9. The maximum Gasteiger partial charge on any atom is 0.338 e. The summed E-state index contributed by atoms with van der Waals surface area (Å²) in [5.41, 5.74) is -0.897. The van der Waals surface area contributed by atoms with Gasteiger partial charge < -0.3 is 20.1 Å². The number of esters is 1. The molecule has 198 valence electrons. The quantitative estimate of drug-likeness (QED) is 0.265. The Morgan fingerprint density at radius 2 is 1.05 bits per heavy atom. The summed E-state index contributed by atoms with van der Waals surface area (Å²) in [6.07, 6.45) is -0.557. The number of Topliss-reactive ketones (excluding diaryl/α,β-unsaturated/α-hetero) is 2. The Balaban J connectivity index is 1.89. The predicted octanol–water partition coefficient (Wildman–Crippen LogP) is 4.43. The first-order valence-corrected chi connectivity index (χ1v) is 11.9. The molecule has 0 aliphatic heterocycles. The van der Waals surface area contributed by atoms with E-state index in [1.807, 2.05) is 0 Å². The minimum absolute atomic E-state index is 0.0332. The van der Waals surface area contributed by atoms with Crippen LogP contribution in [0.25, 0.3) is 0 Å². The minimum atomic E-state index is -1.54. The molecule has 3 aromatic carbocycles. The molecule has 0 saturated heterocycles. The Labute approximate surface area is 220 Å². The van der Waals surface area contributed by atoms with Gasteiger partial charge in [-0.3, -0.25) is 9.59 Å². The summed E-state index contributed by atoms with van der Waals surface area (Å²) in [5.74, 6) is -2.67. The number of carbonyl (C=O) groups excluding carboxylic acids is 3. The van der Waals surface area contributed by atoms with Crippen molar-refractivity contribution in [2.75, 3.05) is 0 Å². The Morgan fingerprint density at radius 3 is 1.47 bits per heavy atom. The number of ketones is 2. The topological polar surface area (TPSA) is 138 Å². The monoisotopic (exact) mass is 518 g/mol. The highest BCUT2D eigenvalue weighted by molar-refractivity contribution is 6.02. The van der Waals surface area contributed by atoms with E-state index in [0.29, 0.717) is 16.7 Å². The number of carbonyl (C=O) groups is 4. The van der Waals surface area contributed by atoms with Crippen LogP contribution < -0.4 is 0 Å². The summed E-state index contributed by atoms with van der Waals surface area (Å²) in [6.45, 7) is 5.62. The number of aromatic carboxylic acids is 1. The van der Waals surface area contributed by atoms with Crippen molar-refractivity contribution in [3.63, 3.8) is 0 Å². The van der Waals surface area contributed by atoms with E-state index >= 15 is 0 Å². The third-order valence-electron chi connectivity index (χ3n) is 5.91. The Bertz CT molecular complexity index is 1320. The van der Waals surface area contributed by atoms with Crippen molar-refractivity contribution in [1.29, 1.82) is 0 Å². The molecule has 0 fully saturated rings. The molecule has 8 heteroatoms. The minimum Gasteiger partial charge on any atom is -0.478 e. The van der Waals surface area contributed by atoms with Gasteiger partial charge >= 0.3 is 11.9 Å². The lowest BCUT2D eigenvalue weighted by Gasteiger charge is -2.20. The average molecular weight is 519 g/mol. The van der Waals surface area contributed by atoms with Crippen molar-refractivity contribution in [1.82, 2.24) is 0 Å². The smallest absolute Gasteiger partial charge is 0.338 e. The summed E-state index contributed by atoms with van der Waals surface area (Å²) in [6, 6.07) is 18.3. The van der Waals surface area contributed by atoms with Gasteiger partial charge in [-0.2, -0.15) is 0 Å². The highest BCUT2D eigenvalue weighted by atomic mass is 16.5. The average Bonchev–Trinajstić information content (AvgIpc) is 2.87. The number of rotatable bonds is 10. The van der Waals surface area contributed by atoms with Gasteiger partial charge in [0.2, 0.25) is 0 Å². The van der Waals surface area contributed by atoms with Crippen molar-refractivity contribution in [2.45, 2.75) is 51.4 Å². The largest absolute Gasteiger partial charge is 0.478 e. The Hall–Kier alpha value is -4.14. The van der Waals surface area contributed by atoms with E-state index in [4.69, 9.17) is 9.84 Å². The molecular formula is C30H30O8. The van der Waals surface area contributed by atoms with E-state index in [-0.39, 0.29) is 17.5 Å². The second-order valence-electron chi connectivity index (χ2n) is 10.1. The summed E-state index contributed by atoms with van der Waals surface area (Å²) in [4.78, 5) is 48.8. The summed E-state index contributed by atoms with van der Waals surface area (Å²) in [5, 5.41) is 29.1. The highest BCUT2D eigenvalue weighted by Crippen LogP contribution is 2.26. The van der Waals surface area contributed by atoms with E-state index in [9.17, 15) is 29.4 Å². The van der Waals surface area contributed by atoms with Crippen LogP contribution in [0.15, 0.2) is 72.8 Å². The molecule has 0 radical (unpaired) electrons. The van der Waals surface area contributed by atoms with E-state index in [0.717, 1.165) is 5.56 Å². The van der Waals surface area contributed by atoms with Crippen molar-refractivity contribution < 1.29 is 39.2 Å². The van der Waals surface area contributed by atoms with Crippen LogP contribution in [-0.4, -0.2) is 50.0 Å². The third kappa shape index (κ3) is 7.00. The highest BCUT2D eigenvalue weighted by Gasteiger charge is 2.27. The Morgan fingerprint density at radius 1 is 0.658 bits per heavy atom. The van der Waals surface area contributed by atoms with E-state index in [2.05, 4.69) is 0 Å². The van der Waals surface area contributed by atoms with E-state index in [1.54, 1.807) is 48.5 Å². The van der Waals surface area contributed by atoms with Crippen LogP contribution in [-0.2, 0) is 11.2 Å². The van der Waals surface area contributed by atoms with Gasteiger partial charge in [-0.1, -0.05) is 48.5 Å². The molecular weight excluding hydrogens is 488 g/mol. The molecule has 3 N–H and O–H groups in total. The predicted molar refractivity (Wildman–Crippen MR) is 139 cm³/mol.